The predicted molar refractivity (Wildman–Crippen MR) is 455 cm³/mol. The first-order chi connectivity index (χ1) is 53.1. The first kappa shape index (κ1) is 108. The summed E-state index contributed by atoms with van der Waals surface area (Å²) in [4.78, 5) is 73.3. The first-order valence-electron chi connectivity index (χ1n) is 46.7. The molecule has 0 fully saturated rings. The Hall–Kier alpha value is -1.94. The molecule has 0 aliphatic heterocycles. The van der Waals surface area contributed by atoms with E-state index in [-0.39, 0.29) is 25.7 Å². The summed E-state index contributed by atoms with van der Waals surface area (Å²) >= 11 is 0. The van der Waals surface area contributed by atoms with Crippen LogP contribution in [0.3, 0.4) is 0 Å². The van der Waals surface area contributed by atoms with Crippen LogP contribution in [0.1, 0.15) is 479 Å². The van der Waals surface area contributed by atoms with Crippen molar-refractivity contribution in [2.75, 3.05) is 39.6 Å². The molecule has 0 saturated heterocycles. The summed E-state index contributed by atoms with van der Waals surface area (Å²) in [5.41, 5.74) is 0. The SMILES string of the molecule is CCC(C)CCCCCCCCCCCCCCCCCCCCC(=O)O[C@H](COC(=O)CCCCCCCCCCCCCCCCCCCCC(C)C)COP(=O)(O)OCC(O)COP(=O)(O)OC[C@@H](COC(=O)CCCCCCCCC(C)C)OC(=O)CCCCCCCCCCCCCCCCCC(C)C. The second kappa shape index (κ2) is 79.5. The van der Waals surface area contributed by atoms with Crippen LogP contribution in [0.25, 0.3) is 0 Å². The molecule has 3 N–H and O–H groups in total. The summed E-state index contributed by atoms with van der Waals surface area (Å²) in [6, 6.07) is 0. The van der Waals surface area contributed by atoms with Crippen molar-refractivity contribution in [3.05, 3.63) is 0 Å². The van der Waals surface area contributed by atoms with Crippen LogP contribution in [0.2, 0.25) is 0 Å². The summed E-state index contributed by atoms with van der Waals surface area (Å²) in [7, 11) is -9.93. The number of aliphatic hydroxyl groups excluding tert-OH is 1. The molecule has 0 radical (unpaired) electrons. The number of rotatable bonds is 88. The Kier molecular flexibility index (Phi) is 78.1. The van der Waals surface area contributed by atoms with Crippen molar-refractivity contribution in [2.45, 2.75) is 497 Å². The second-order valence-electron chi connectivity index (χ2n) is 34.4. The third-order valence-corrected chi connectivity index (χ3v) is 23.6. The van der Waals surface area contributed by atoms with Gasteiger partial charge in [-0.25, -0.2) is 9.13 Å². The van der Waals surface area contributed by atoms with Crippen LogP contribution in [0, 0.1) is 23.7 Å². The van der Waals surface area contributed by atoms with Gasteiger partial charge in [-0.3, -0.25) is 37.3 Å². The average Bonchev–Trinajstić information content (AvgIpc) is 0.898. The van der Waals surface area contributed by atoms with Gasteiger partial charge in [-0.05, 0) is 49.4 Å². The molecule has 0 aliphatic rings. The fraction of sp³-hybridized carbons (Fsp3) is 0.956. The molecule has 0 rings (SSSR count). The molecular weight excluding hydrogens is 1430 g/mol. The van der Waals surface area contributed by atoms with Gasteiger partial charge in [0, 0.05) is 25.7 Å². The average molecular weight is 1610 g/mol. The Labute approximate surface area is 677 Å². The van der Waals surface area contributed by atoms with E-state index in [2.05, 4.69) is 55.4 Å². The van der Waals surface area contributed by atoms with Crippen molar-refractivity contribution in [3.8, 4) is 0 Å². The van der Waals surface area contributed by atoms with Crippen LogP contribution in [0.4, 0.5) is 0 Å². The summed E-state index contributed by atoms with van der Waals surface area (Å²) < 4.78 is 69.0. The van der Waals surface area contributed by atoms with Crippen LogP contribution in [-0.4, -0.2) is 96.7 Å². The lowest BCUT2D eigenvalue weighted by Gasteiger charge is -2.21. The lowest BCUT2D eigenvalue weighted by atomic mass is 9.99. The van der Waals surface area contributed by atoms with Gasteiger partial charge in [-0.2, -0.15) is 0 Å². The highest BCUT2D eigenvalue weighted by atomic mass is 31.2. The lowest BCUT2D eigenvalue weighted by molar-refractivity contribution is -0.161. The minimum absolute atomic E-state index is 0.107. The quantitative estimate of drug-likeness (QED) is 0.0222. The van der Waals surface area contributed by atoms with Gasteiger partial charge < -0.3 is 33.8 Å². The van der Waals surface area contributed by atoms with E-state index in [1.54, 1.807) is 0 Å². The topological polar surface area (TPSA) is 237 Å². The van der Waals surface area contributed by atoms with E-state index in [9.17, 15) is 43.2 Å². The normalized spacial score (nSPS) is 14.1. The van der Waals surface area contributed by atoms with E-state index in [0.717, 1.165) is 114 Å². The van der Waals surface area contributed by atoms with Crippen molar-refractivity contribution in [2.24, 2.45) is 23.7 Å². The smallest absolute Gasteiger partial charge is 0.462 e. The number of unbranched alkanes of at least 4 members (excludes halogenated alkanes) is 53. The monoisotopic (exact) mass is 1610 g/mol. The van der Waals surface area contributed by atoms with Crippen LogP contribution in [0.5, 0.6) is 0 Å². The molecule has 19 heteroatoms. The highest BCUT2D eigenvalue weighted by Crippen LogP contribution is 2.45. The van der Waals surface area contributed by atoms with E-state index >= 15 is 0 Å². The van der Waals surface area contributed by atoms with Crippen molar-refractivity contribution in [1.82, 2.24) is 0 Å². The second-order valence-corrected chi connectivity index (χ2v) is 37.3. The third-order valence-electron chi connectivity index (χ3n) is 21.7. The number of carbonyl (C=O) groups excluding carboxylic acids is 4. The molecule has 0 saturated carbocycles. The minimum atomic E-state index is -4.97. The van der Waals surface area contributed by atoms with Crippen molar-refractivity contribution >= 4 is 39.5 Å². The number of carbonyl (C=O) groups is 4. The van der Waals surface area contributed by atoms with E-state index in [1.807, 2.05) is 0 Å². The summed E-state index contributed by atoms with van der Waals surface area (Å²) in [6.07, 6.45) is 71.1. The van der Waals surface area contributed by atoms with E-state index in [4.69, 9.17) is 37.0 Å². The number of ether oxygens (including phenoxy) is 4. The Morgan fingerprint density at radius 2 is 0.436 bits per heavy atom. The number of hydrogen-bond donors (Lipinski definition) is 3. The van der Waals surface area contributed by atoms with Crippen LogP contribution in [0.15, 0.2) is 0 Å². The number of esters is 4. The molecule has 0 bridgehead atoms. The number of aliphatic hydroxyl groups is 1. The molecule has 0 spiro atoms. The number of phosphoric ester groups is 2. The van der Waals surface area contributed by atoms with Crippen LogP contribution < -0.4 is 0 Å². The zero-order valence-electron chi connectivity index (χ0n) is 72.9. The standard InChI is InChI=1S/C91H178O17P2/c1-9-84(8)70-62-54-45-39-33-27-21-15-11-13-17-23-29-35-41-47-57-65-73-90(95)107-86(77-101-88(93)71-63-55-46-40-34-28-22-16-12-10-14-19-25-31-37-43-51-59-67-81(2)3)79-105-109(97,98)103-75-85(92)76-104-110(99,100)106-80-87(78-102-89(94)72-64-56-50-49-53-61-69-83(6)7)108-91(96)74-66-58-48-42-36-30-24-18-20-26-32-38-44-52-60-68-82(4)5/h81-87,92H,9-80H2,1-8H3,(H,97,98)(H,99,100)/t84?,85?,86-,87-/m1/s1. The number of phosphoric acid groups is 2. The molecule has 4 unspecified atom stereocenters. The maximum atomic E-state index is 13.2. The molecule has 0 aromatic carbocycles. The molecule has 0 aliphatic carbocycles. The molecule has 0 heterocycles. The number of hydrogen-bond acceptors (Lipinski definition) is 15. The summed E-state index contributed by atoms with van der Waals surface area (Å²) in [6.45, 7) is 14.4. The van der Waals surface area contributed by atoms with Gasteiger partial charge in [-0.15, -0.1) is 0 Å². The molecule has 110 heavy (non-hydrogen) atoms. The van der Waals surface area contributed by atoms with Gasteiger partial charge in [0.25, 0.3) is 0 Å². The van der Waals surface area contributed by atoms with Gasteiger partial charge in [-0.1, -0.05) is 428 Å². The largest absolute Gasteiger partial charge is 0.472 e. The van der Waals surface area contributed by atoms with E-state index < -0.39 is 97.5 Å². The molecule has 654 valence electrons. The lowest BCUT2D eigenvalue weighted by Crippen LogP contribution is -2.30. The van der Waals surface area contributed by atoms with E-state index in [1.165, 1.54) is 276 Å². The highest BCUT2D eigenvalue weighted by Gasteiger charge is 2.31. The van der Waals surface area contributed by atoms with Gasteiger partial charge in [0.15, 0.2) is 12.2 Å². The van der Waals surface area contributed by atoms with Crippen molar-refractivity contribution in [3.63, 3.8) is 0 Å². The molecule has 0 aromatic heterocycles. The Morgan fingerprint density at radius 1 is 0.255 bits per heavy atom. The fourth-order valence-electron chi connectivity index (χ4n) is 14.2. The Balaban J connectivity index is 5.20. The first-order valence-corrected chi connectivity index (χ1v) is 49.7. The molecule has 17 nitrogen and oxygen atoms in total. The Morgan fingerprint density at radius 3 is 0.645 bits per heavy atom. The maximum Gasteiger partial charge on any atom is 0.472 e. The van der Waals surface area contributed by atoms with Gasteiger partial charge in [0.1, 0.15) is 19.3 Å². The zero-order chi connectivity index (χ0) is 80.9. The van der Waals surface area contributed by atoms with Crippen LogP contribution in [-0.2, 0) is 65.4 Å². The third kappa shape index (κ3) is 82.6. The highest BCUT2D eigenvalue weighted by molar-refractivity contribution is 7.47. The molecule has 6 atom stereocenters. The van der Waals surface area contributed by atoms with Gasteiger partial charge in [0.2, 0.25) is 0 Å². The van der Waals surface area contributed by atoms with Crippen molar-refractivity contribution < 1.29 is 80.2 Å². The zero-order valence-corrected chi connectivity index (χ0v) is 74.7. The van der Waals surface area contributed by atoms with Crippen molar-refractivity contribution in [1.29, 1.82) is 0 Å². The maximum absolute atomic E-state index is 13.2. The van der Waals surface area contributed by atoms with Crippen LogP contribution >= 0.6 is 15.6 Å². The van der Waals surface area contributed by atoms with E-state index in [0.29, 0.717) is 31.6 Å². The summed E-state index contributed by atoms with van der Waals surface area (Å²) in [5.74, 6) is 1.07. The molecule has 0 aromatic rings. The molecule has 0 amide bonds. The van der Waals surface area contributed by atoms with Gasteiger partial charge in [0.05, 0.1) is 26.4 Å². The molecular formula is C91H178O17P2. The fourth-order valence-corrected chi connectivity index (χ4v) is 15.7. The van der Waals surface area contributed by atoms with Gasteiger partial charge >= 0.3 is 39.5 Å². The predicted octanol–water partition coefficient (Wildman–Crippen LogP) is 27.9. The Bertz CT molecular complexity index is 2130. The minimum Gasteiger partial charge on any atom is -0.462 e. The summed E-state index contributed by atoms with van der Waals surface area (Å²) in [5, 5.41) is 10.7.